The zero-order chi connectivity index (χ0) is 15.0. The van der Waals surface area contributed by atoms with E-state index in [4.69, 9.17) is 5.73 Å². The topological polar surface area (TPSA) is 55.1 Å². The first-order chi connectivity index (χ1) is 10.1. The minimum Gasteiger partial charge on any atom is -0.369 e. The Morgan fingerprint density at radius 3 is 2.57 bits per heavy atom. The summed E-state index contributed by atoms with van der Waals surface area (Å²) in [6, 6.07) is 9.27. The first kappa shape index (κ1) is 14.6. The van der Waals surface area contributed by atoms with E-state index in [0.29, 0.717) is 12.0 Å². The van der Waals surface area contributed by atoms with Crippen molar-refractivity contribution in [1.29, 1.82) is 0 Å². The summed E-state index contributed by atoms with van der Waals surface area (Å²) in [5.41, 5.74) is 8.34. The smallest absolute Gasteiger partial charge is 0.222 e. The normalized spacial score (nSPS) is 33.4. The molecule has 21 heavy (non-hydrogen) atoms. The maximum Gasteiger partial charge on any atom is 0.222 e. The minimum atomic E-state index is -0.180. The average molecular weight is 286 g/mol. The molecular weight excluding hydrogens is 260 g/mol. The maximum atomic E-state index is 11.9. The van der Waals surface area contributed by atoms with Gasteiger partial charge in [0.2, 0.25) is 5.91 Å². The zero-order valence-electron chi connectivity index (χ0n) is 13.0. The molecule has 0 radical (unpaired) electrons. The van der Waals surface area contributed by atoms with Crippen LogP contribution in [0.1, 0.15) is 62.6 Å². The second-order valence-electron chi connectivity index (χ2n) is 6.98. The summed E-state index contributed by atoms with van der Waals surface area (Å²) < 4.78 is 0. The van der Waals surface area contributed by atoms with E-state index >= 15 is 0 Å². The molecule has 4 atom stereocenters. The predicted octanol–water partition coefficient (Wildman–Crippen LogP) is 3.11. The predicted molar refractivity (Wildman–Crippen MR) is 84.8 cm³/mol. The average Bonchev–Trinajstić information content (AvgIpc) is 2.35. The molecule has 1 heterocycles. The number of primary amides is 1. The lowest BCUT2D eigenvalue weighted by molar-refractivity contribution is -0.125. The highest BCUT2D eigenvalue weighted by Crippen LogP contribution is 2.39. The van der Waals surface area contributed by atoms with Crippen LogP contribution < -0.4 is 11.1 Å². The van der Waals surface area contributed by atoms with Crippen molar-refractivity contribution >= 4 is 5.91 Å². The molecule has 1 aliphatic heterocycles. The van der Waals surface area contributed by atoms with Crippen molar-refractivity contribution in [2.75, 3.05) is 0 Å². The molecule has 3 rings (SSSR count). The molecule has 0 spiro atoms. The molecule has 3 N–H and O–H groups in total. The van der Waals surface area contributed by atoms with Gasteiger partial charge in [-0.3, -0.25) is 4.79 Å². The van der Waals surface area contributed by atoms with E-state index in [9.17, 15) is 4.79 Å². The van der Waals surface area contributed by atoms with Gasteiger partial charge < -0.3 is 11.1 Å². The Labute approximate surface area is 127 Å². The highest BCUT2D eigenvalue weighted by molar-refractivity contribution is 5.78. The van der Waals surface area contributed by atoms with E-state index in [2.05, 4.69) is 43.4 Å². The van der Waals surface area contributed by atoms with Gasteiger partial charge in [0.25, 0.3) is 0 Å². The molecule has 3 heteroatoms. The van der Waals surface area contributed by atoms with Crippen LogP contribution in [-0.4, -0.2) is 11.9 Å². The van der Waals surface area contributed by atoms with E-state index in [0.717, 1.165) is 12.3 Å². The van der Waals surface area contributed by atoms with Gasteiger partial charge in [0.1, 0.15) is 0 Å². The Bertz CT molecular complexity index is 524. The van der Waals surface area contributed by atoms with Crippen LogP contribution in [0.15, 0.2) is 24.3 Å². The third kappa shape index (κ3) is 2.84. The first-order valence-electron chi connectivity index (χ1n) is 8.21. The van der Waals surface area contributed by atoms with Gasteiger partial charge in [-0.05, 0) is 49.1 Å². The molecule has 0 bridgehead atoms. The molecule has 1 aromatic carbocycles. The monoisotopic (exact) mass is 286 g/mol. The van der Waals surface area contributed by atoms with Crippen LogP contribution in [0.3, 0.4) is 0 Å². The first-order valence-corrected chi connectivity index (χ1v) is 8.21. The lowest BCUT2D eigenvalue weighted by Crippen LogP contribution is -2.49. The summed E-state index contributed by atoms with van der Waals surface area (Å²) in [5, 5.41) is 3.60. The van der Waals surface area contributed by atoms with Gasteiger partial charge in [-0.1, -0.05) is 37.6 Å². The Balaban J connectivity index is 1.90. The van der Waals surface area contributed by atoms with Gasteiger partial charge in [0.15, 0.2) is 0 Å². The van der Waals surface area contributed by atoms with Crippen LogP contribution in [-0.2, 0) is 4.79 Å². The number of hydrogen-bond donors (Lipinski definition) is 2. The van der Waals surface area contributed by atoms with Gasteiger partial charge in [0.05, 0.1) is 5.92 Å². The number of carbonyl (C=O) groups excluding carboxylic acids is 1. The van der Waals surface area contributed by atoms with Gasteiger partial charge >= 0.3 is 0 Å². The van der Waals surface area contributed by atoms with Crippen molar-refractivity contribution in [3.05, 3.63) is 35.4 Å². The molecule has 114 valence electrons. The lowest BCUT2D eigenvalue weighted by Gasteiger charge is -2.39. The fourth-order valence-electron chi connectivity index (χ4n) is 4.01. The Morgan fingerprint density at radius 2 is 1.95 bits per heavy atom. The second kappa shape index (κ2) is 5.80. The fourth-order valence-corrected chi connectivity index (χ4v) is 4.01. The molecular formula is C18H26N2O. The number of nitrogens with one attached hydrogen (secondary N) is 1. The quantitative estimate of drug-likeness (QED) is 0.897. The van der Waals surface area contributed by atoms with Gasteiger partial charge in [-0.15, -0.1) is 0 Å². The number of rotatable bonds is 3. The van der Waals surface area contributed by atoms with Crippen LogP contribution in [0.4, 0.5) is 0 Å². The van der Waals surface area contributed by atoms with Crippen molar-refractivity contribution in [3.8, 4) is 0 Å². The number of benzene rings is 1. The zero-order valence-corrected chi connectivity index (χ0v) is 13.0. The van der Waals surface area contributed by atoms with E-state index in [1.165, 1.54) is 30.4 Å². The van der Waals surface area contributed by atoms with Gasteiger partial charge in [0, 0.05) is 12.1 Å². The summed E-state index contributed by atoms with van der Waals surface area (Å²) in [6.07, 6.45) is 4.95. The SMILES string of the molecule is CC1CC(C)C(C(N)=O)C(c2cccc(C3CCC3)c2)N1. The van der Waals surface area contributed by atoms with Crippen molar-refractivity contribution in [2.45, 2.75) is 57.5 Å². The molecule has 1 aliphatic carbocycles. The largest absolute Gasteiger partial charge is 0.369 e. The van der Waals surface area contributed by atoms with Crippen LogP contribution in [0.25, 0.3) is 0 Å². The third-order valence-electron chi connectivity index (χ3n) is 5.34. The summed E-state index contributed by atoms with van der Waals surface area (Å²) in [4.78, 5) is 11.9. The fraction of sp³-hybridized carbons (Fsp3) is 0.611. The highest BCUT2D eigenvalue weighted by atomic mass is 16.1. The second-order valence-corrected chi connectivity index (χ2v) is 6.98. The summed E-state index contributed by atoms with van der Waals surface area (Å²) >= 11 is 0. The number of carbonyl (C=O) groups is 1. The number of amides is 1. The van der Waals surface area contributed by atoms with E-state index < -0.39 is 0 Å². The van der Waals surface area contributed by atoms with E-state index in [-0.39, 0.29) is 17.9 Å². The molecule has 2 aliphatic rings. The van der Waals surface area contributed by atoms with Gasteiger partial charge in [-0.2, -0.15) is 0 Å². The van der Waals surface area contributed by atoms with Crippen LogP contribution in [0.2, 0.25) is 0 Å². The molecule has 4 unspecified atom stereocenters. The number of piperidine rings is 1. The molecule has 3 nitrogen and oxygen atoms in total. The number of hydrogen-bond acceptors (Lipinski definition) is 2. The molecule has 0 aromatic heterocycles. The van der Waals surface area contributed by atoms with Crippen molar-refractivity contribution in [1.82, 2.24) is 5.32 Å². The minimum absolute atomic E-state index is 0.0567. The maximum absolute atomic E-state index is 11.9. The summed E-state index contributed by atoms with van der Waals surface area (Å²) in [7, 11) is 0. The van der Waals surface area contributed by atoms with Crippen LogP contribution in [0.5, 0.6) is 0 Å². The third-order valence-corrected chi connectivity index (χ3v) is 5.34. The van der Waals surface area contributed by atoms with Crippen molar-refractivity contribution in [2.24, 2.45) is 17.6 Å². The van der Waals surface area contributed by atoms with Crippen LogP contribution in [0, 0.1) is 11.8 Å². The summed E-state index contributed by atoms with van der Waals surface area (Å²) in [6.45, 7) is 4.34. The number of nitrogens with two attached hydrogens (primary N) is 1. The Kier molecular flexibility index (Phi) is 4.03. The molecule has 1 saturated carbocycles. The standard InChI is InChI=1S/C18H26N2O/c1-11-9-12(2)20-17(16(11)18(19)21)15-8-4-7-14(10-15)13-5-3-6-13/h4,7-8,10-13,16-17,20H,3,5-6,9H2,1-2H3,(H2,19,21). The summed E-state index contributed by atoms with van der Waals surface area (Å²) in [5.74, 6) is 0.755. The van der Waals surface area contributed by atoms with E-state index in [1.54, 1.807) is 0 Å². The molecule has 1 saturated heterocycles. The van der Waals surface area contributed by atoms with Crippen LogP contribution >= 0.6 is 0 Å². The van der Waals surface area contributed by atoms with Crippen molar-refractivity contribution in [3.63, 3.8) is 0 Å². The molecule has 1 aromatic rings. The Morgan fingerprint density at radius 1 is 1.24 bits per heavy atom. The van der Waals surface area contributed by atoms with Crippen molar-refractivity contribution < 1.29 is 4.79 Å². The Hall–Kier alpha value is -1.35. The highest BCUT2D eigenvalue weighted by Gasteiger charge is 2.38. The van der Waals surface area contributed by atoms with Gasteiger partial charge in [-0.25, -0.2) is 0 Å². The lowest BCUT2D eigenvalue weighted by atomic mass is 9.74. The van der Waals surface area contributed by atoms with E-state index in [1.807, 2.05) is 0 Å². The molecule has 2 fully saturated rings. The molecule has 1 amide bonds.